The van der Waals surface area contributed by atoms with E-state index in [1.165, 1.54) is 23.7 Å². The van der Waals surface area contributed by atoms with Crippen molar-refractivity contribution in [1.29, 1.82) is 0 Å². The second-order valence-electron chi connectivity index (χ2n) is 6.36. The third kappa shape index (κ3) is 4.90. The van der Waals surface area contributed by atoms with Crippen LogP contribution in [0.1, 0.15) is 44.2 Å². The van der Waals surface area contributed by atoms with E-state index < -0.39 is 0 Å². The summed E-state index contributed by atoms with van der Waals surface area (Å²) in [5.74, 6) is -0.695. The van der Waals surface area contributed by atoms with Crippen molar-refractivity contribution in [2.75, 3.05) is 23.7 Å². The Morgan fingerprint density at radius 3 is 2.17 bits per heavy atom. The molecule has 0 unspecified atom stereocenters. The fraction of sp³-hybridized carbons (Fsp3) is 0.182. The normalized spacial score (nSPS) is 10.3. The van der Waals surface area contributed by atoms with Gasteiger partial charge in [-0.05, 0) is 61.7 Å². The van der Waals surface area contributed by atoms with Gasteiger partial charge in [-0.2, -0.15) is 0 Å². The molecule has 3 amide bonds. The molecule has 0 saturated heterocycles. The minimum Gasteiger partial charge on any atom is -0.339 e. The summed E-state index contributed by atoms with van der Waals surface area (Å²) in [7, 11) is 0. The van der Waals surface area contributed by atoms with Gasteiger partial charge in [0.1, 0.15) is 4.88 Å². The lowest BCUT2D eigenvalue weighted by molar-refractivity contribution is 0.0772. The molecule has 30 heavy (non-hydrogen) atoms. The molecule has 7 nitrogen and oxygen atoms in total. The van der Waals surface area contributed by atoms with Gasteiger partial charge in [0, 0.05) is 42.3 Å². The van der Waals surface area contributed by atoms with Gasteiger partial charge in [-0.3, -0.25) is 19.4 Å². The van der Waals surface area contributed by atoms with Crippen LogP contribution in [0.4, 0.5) is 11.4 Å². The van der Waals surface area contributed by atoms with Gasteiger partial charge in [0.2, 0.25) is 0 Å². The van der Waals surface area contributed by atoms with Crippen molar-refractivity contribution in [3.63, 3.8) is 0 Å². The Kier molecular flexibility index (Phi) is 6.92. The molecule has 0 aliphatic heterocycles. The smallest absolute Gasteiger partial charge is 0.267 e. The van der Waals surface area contributed by atoms with E-state index in [1.807, 2.05) is 13.8 Å². The second kappa shape index (κ2) is 9.80. The van der Waals surface area contributed by atoms with Crippen LogP contribution in [0.25, 0.3) is 0 Å². The number of anilines is 2. The van der Waals surface area contributed by atoms with E-state index >= 15 is 0 Å². The zero-order chi connectivity index (χ0) is 21.5. The number of nitrogens with zero attached hydrogens (tertiary/aromatic N) is 2. The van der Waals surface area contributed by atoms with Crippen molar-refractivity contribution >= 4 is 40.4 Å². The van der Waals surface area contributed by atoms with E-state index in [4.69, 9.17) is 0 Å². The Morgan fingerprint density at radius 1 is 0.867 bits per heavy atom. The van der Waals surface area contributed by atoms with Crippen LogP contribution in [0.15, 0.2) is 60.2 Å². The van der Waals surface area contributed by atoms with E-state index in [9.17, 15) is 14.4 Å². The topological polar surface area (TPSA) is 91.4 Å². The Labute approximate surface area is 178 Å². The summed E-state index contributed by atoms with van der Waals surface area (Å²) >= 11 is 1.23. The SMILES string of the molecule is CCN(CC)C(=O)c1ccc(NC(=O)c2sccc2NC(=O)c2ccncc2)cc1. The van der Waals surface area contributed by atoms with E-state index in [0.717, 1.165) is 0 Å². The van der Waals surface area contributed by atoms with Gasteiger partial charge in [0.25, 0.3) is 17.7 Å². The fourth-order valence-corrected chi connectivity index (χ4v) is 3.60. The molecule has 0 fully saturated rings. The van der Waals surface area contributed by atoms with Gasteiger partial charge in [-0.15, -0.1) is 11.3 Å². The first kappa shape index (κ1) is 21.2. The van der Waals surface area contributed by atoms with Gasteiger partial charge in [0.05, 0.1) is 5.69 Å². The number of amides is 3. The van der Waals surface area contributed by atoms with Crippen LogP contribution in [-0.4, -0.2) is 40.7 Å². The maximum atomic E-state index is 12.7. The number of rotatable bonds is 7. The fourth-order valence-electron chi connectivity index (χ4n) is 2.86. The number of hydrogen-bond acceptors (Lipinski definition) is 5. The van der Waals surface area contributed by atoms with Crippen LogP contribution in [-0.2, 0) is 0 Å². The van der Waals surface area contributed by atoms with E-state index in [0.29, 0.717) is 40.5 Å². The van der Waals surface area contributed by atoms with Gasteiger partial charge < -0.3 is 15.5 Å². The number of aromatic nitrogens is 1. The summed E-state index contributed by atoms with van der Waals surface area (Å²) in [4.78, 5) is 43.4. The number of hydrogen-bond donors (Lipinski definition) is 2. The highest BCUT2D eigenvalue weighted by Crippen LogP contribution is 2.24. The molecule has 0 saturated carbocycles. The number of thiophene rings is 1. The predicted molar refractivity (Wildman–Crippen MR) is 118 cm³/mol. The number of nitrogens with one attached hydrogen (secondary N) is 2. The molecule has 2 aromatic heterocycles. The average molecular weight is 423 g/mol. The number of carbonyl (C=O) groups is 3. The van der Waals surface area contributed by atoms with Crippen molar-refractivity contribution in [2.24, 2.45) is 0 Å². The highest BCUT2D eigenvalue weighted by atomic mass is 32.1. The van der Waals surface area contributed by atoms with Gasteiger partial charge in [-0.1, -0.05) is 0 Å². The van der Waals surface area contributed by atoms with E-state index in [1.54, 1.807) is 52.7 Å². The van der Waals surface area contributed by atoms with Crippen LogP contribution in [0.3, 0.4) is 0 Å². The highest BCUT2D eigenvalue weighted by molar-refractivity contribution is 7.12. The Hall–Kier alpha value is -3.52. The number of pyridine rings is 1. The molecular weight excluding hydrogens is 400 g/mol. The number of benzene rings is 1. The monoisotopic (exact) mass is 422 g/mol. The molecule has 0 aliphatic carbocycles. The average Bonchev–Trinajstić information content (AvgIpc) is 3.24. The van der Waals surface area contributed by atoms with E-state index in [-0.39, 0.29) is 17.7 Å². The predicted octanol–water partition coefficient (Wildman–Crippen LogP) is 4.13. The van der Waals surface area contributed by atoms with Crippen molar-refractivity contribution in [3.05, 3.63) is 76.2 Å². The summed E-state index contributed by atoms with van der Waals surface area (Å²) in [6.45, 7) is 5.14. The quantitative estimate of drug-likeness (QED) is 0.599. The summed E-state index contributed by atoms with van der Waals surface area (Å²) < 4.78 is 0. The number of carbonyl (C=O) groups excluding carboxylic acids is 3. The molecule has 0 spiro atoms. The van der Waals surface area contributed by atoms with Crippen LogP contribution in [0, 0.1) is 0 Å². The van der Waals surface area contributed by atoms with Crippen LogP contribution in [0.2, 0.25) is 0 Å². The summed E-state index contributed by atoms with van der Waals surface area (Å²) in [6, 6.07) is 11.7. The second-order valence-corrected chi connectivity index (χ2v) is 7.28. The summed E-state index contributed by atoms with van der Waals surface area (Å²) in [6.07, 6.45) is 3.07. The lowest BCUT2D eigenvalue weighted by atomic mass is 10.1. The van der Waals surface area contributed by atoms with Gasteiger partial charge in [0.15, 0.2) is 0 Å². The Bertz CT molecular complexity index is 1030. The van der Waals surface area contributed by atoms with Crippen molar-refractivity contribution < 1.29 is 14.4 Å². The van der Waals surface area contributed by atoms with Crippen molar-refractivity contribution in [2.45, 2.75) is 13.8 Å². The molecule has 3 rings (SSSR count). The van der Waals surface area contributed by atoms with Crippen LogP contribution in [0.5, 0.6) is 0 Å². The standard InChI is InChI=1S/C22H22N4O3S/c1-3-26(4-2)22(29)16-5-7-17(8-6-16)24-21(28)19-18(11-14-30-19)25-20(27)15-9-12-23-13-10-15/h5-14H,3-4H2,1-2H3,(H,24,28)(H,25,27). The van der Waals surface area contributed by atoms with E-state index in [2.05, 4.69) is 15.6 Å². The molecule has 0 bridgehead atoms. The summed E-state index contributed by atoms with van der Waals surface area (Å²) in [5.41, 5.74) is 2.03. The molecule has 0 radical (unpaired) electrons. The largest absolute Gasteiger partial charge is 0.339 e. The molecule has 2 heterocycles. The summed E-state index contributed by atoms with van der Waals surface area (Å²) in [5, 5.41) is 7.30. The lowest BCUT2D eigenvalue weighted by Gasteiger charge is -2.18. The maximum Gasteiger partial charge on any atom is 0.267 e. The molecular formula is C22H22N4O3S. The van der Waals surface area contributed by atoms with Crippen LogP contribution < -0.4 is 10.6 Å². The third-order valence-corrected chi connectivity index (χ3v) is 5.42. The first-order chi connectivity index (χ1) is 14.5. The Balaban J connectivity index is 1.68. The minimum atomic E-state index is -0.335. The van der Waals surface area contributed by atoms with Crippen LogP contribution >= 0.6 is 11.3 Å². The maximum absolute atomic E-state index is 12.7. The Morgan fingerprint density at radius 2 is 1.53 bits per heavy atom. The molecule has 0 aliphatic rings. The van der Waals surface area contributed by atoms with Gasteiger partial charge in [-0.25, -0.2) is 0 Å². The van der Waals surface area contributed by atoms with Gasteiger partial charge >= 0.3 is 0 Å². The first-order valence-electron chi connectivity index (χ1n) is 9.53. The molecule has 3 aromatic rings. The lowest BCUT2D eigenvalue weighted by Crippen LogP contribution is -2.30. The molecule has 8 heteroatoms. The minimum absolute atomic E-state index is 0.0442. The molecule has 1 aromatic carbocycles. The first-order valence-corrected chi connectivity index (χ1v) is 10.4. The molecule has 154 valence electrons. The highest BCUT2D eigenvalue weighted by Gasteiger charge is 2.17. The molecule has 2 N–H and O–H groups in total. The molecule has 0 atom stereocenters. The zero-order valence-corrected chi connectivity index (χ0v) is 17.5. The van der Waals surface area contributed by atoms with Crippen molar-refractivity contribution in [1.82, 2.24) is 9.88 Å². The van der Waals surface area contributed by atoms with Crippen molar-refractivity contribution in [3.8, 4) is 0 Å². The third-order valence-electron chi connectivity index (χ3n) is 4.50. The zero-order valence-electron chi connectivity index (χ0n) is 16.7.